The summed E-state index contributed by atoms with van der Waals surface area (Å²) in [6.07, 6.45) is 3.95. The summed E-state index contributed by atoms with van der Waals surface area (Å²) in [4.78, 5) is 26.3. The van der Waals surface area contributed by atoms with Crippen molar-refractivity contribution in [2.24, 2.45) is 11.8 Å². The summed E-state index contributed by atoms with van der Waals surface area (Å²) >= 11 is 0. The molecule has 4 atom stereocenters. The van der Waals surface area contributed by atoms with E-state index in [-0.39, 0.29) is 17.7 Å². The quantitative estimate of drug-likeness (QED) is 0.516. The number of anilines is 1. The molecule has 0 heterocycles. The van der Waals surface area contributed by atoms with E-state index in [1.807, 2.05) is 105 Å². The average Bonchev–Trinajstić information content (AvgIpc) is 2.82. The zero-order chi connectivity index (χ0) is 22.7. The molecule has 0 saturated carbocycles. The molecule has 0 aromatic heterocycles. The SMILES string of the molecule is Cc1cccc(NC(=O)[C@H]2[C@@H](C(=O)O)[C@@H](c3ccccc3)C=C[C@H]2c2ccccc2)c1C. The molecule has 2 N–H and O–H groups in total. The van der Waals surface area contributed by atoms with Gasteiger partial charge in [-0.05, 0) is 42.2 Å². The first-order valence-electron chi connectivity index (χ1n) is 10.9. The largest absolute Gasteiger partial charge is 0.481 e. The molecule has 3 aromatic carbocycles. The molecule has 0 aliphatic heterocycles. The topological polar surface area (TPSA) is 66.4 Å². The highest BCUT2D eigenvalue weighted by molar-refractivity contribution is 5.97. The van der Waals surface area contributed by atoms with Crippen molar-refractivity contribution < 1.29 is 14.7 Å². The summed E-state index contributed by atoms with van der Waals surface area (Å²) in [5.41, 5.74) is 4.60. The Labute approximate surface area is 188 Å². The fourth-order valence-electron chi connectivity index (χ4n) is 4.65. The Morgan fingerprint density at radius 2 is 1.25 bits per heavy atom. The molecule has 0 fully saturated rings. The number of carbonyl (C=O) groups is 2. The molecule has 0 spiro atoms. The summed E-state index contributed by atoms with van der Waals surface area (Å²) in [5, 5.41) is 13.3. The van der Waals surface area contributed by atoms with Crippen LogP contribution in [0.1, 0.15) is 34.1 Å². The van der Waals surface area contributed by atoms with Crippen LogP contribution in [0.3, 0.4) is 0 Å². The number of nitrogens with one attached hydrogen (secondary N) is 1. The van der Waals surface area contributed by atoms with Crippen LogP contribution in [0, 0.1) is 25.7 Å². The predicted molar refractivity (Wildman–Crippen MR) is 127 cm³/mol. The monoisotopic (exact) mass is 425 g/mol. The Bertz CT molecular complexity index is 1140. The highest BCUT2D eigenvalue weighted by Crippen LogP contribution is 2.45. The molecule has 0 saturated heterocycles. The first-order valence-corrected chi connectivity index (χ1v) is 10.9. The van der Waals surface area contributed by atoms with E-state index in [2.05, 4.69) is 5.32 Å². The normalized spacial score (nSPS) is 22.3. The first kappa shape index (κ1) is 21.6. The molecular weight excluding hydrogens is 398 g/mol. The van der Waals surface area contributed by atoms with Gasteiger partial charge in [0.15, 0.2) is 0 Å². The molecule has 4 rings (SSSR count). The Hall–Kier alpha value is -3.66. The van der Waals surface area contributed by atoms with E-state index < -0.39 is 17.8 Å². The molecule has 1 amide bonds. The summed E-state index contributed by atoms with van der Waals surface area (Å²) in [6, 6.07) is 25.0. The fraction of sp³-hybridized carbons (Fsp3) is 0.214. The standard InChI is InChI=1S/C28H27NO3/c1-18-10-9-15-24(19(18)2)29-27(30)25-22(20-11-5-3-6-12-20)16-17-23(26(25)28(31)32)21-13-7-4-8-14-21/h3-17,22-23,25-26H,1-2H3,(H,29,30)(H,31,32)/t22-,23+,25+,26-/m0/s1. The Kier molecular flexibility index (Phi) is 6.22. The van der Waals surface area contributed by atoms with Crippen LogP contribution in [0.2, 0.25) is 0 Å². The van der Waals surface area contributed by atoms with Crippen molar-refractivity contribution in [3.05, 3.63) is 113 Å². The highest BCUT2D eigenvalue weighted by Gasteiger charge is 2.46. The van der Waals surface area contributed by atoms with Crippen LogP contribution >= 0.6 is 0 Å². The van der Waals surface area contributed by atoms with Crippen LogP contribution in [0.4, 0.5) is 5.69 Å². The second-order valence-corrected chi connectivity index (χ2v) is 8.38. The highest BCUT2D eigenvalue weighted by atomic mass is 16.4. The fourth-order valence-corrected chi connectivity index (χ4v) is 4.65. The molecule has 4 heteroatoms. The second kappa shape index (κ2) is 9.23. The number of hydrogen-bond donors (Lipinski definition) is 2. The minimum atomic E-state index is -0.967. The van der Waals surface area contributed by atoms with Gasteiger partial charge in [0.2, 0.25) is 5.91 Å². The molecule has 0 radical (unpaired) electrons. The predicted octanol–water partition coefficient (Wildman–Crippen LogP) is 5.70. The van der Waals surface area contributed by atoms with Crippen LogP contribution in [0.15, 0.2) is 91.0 Å². The number of aryl methyl sites for hydroxylation is 1. The molecule has 3 aromatic rings. The number of rotatable bonds is 5. The number of aliphatic carboxylic acids is 1. The van der Waals surface area contributed by atoms with Gasteiger partial charge in [0.1, 0.15) is 0 Å². The maximum Gasteiger partial charge on any atom is 0.308 e. The van der Waals surface area contributed by atoms with Gasteiger partial charge in [-0.1, -0.05) is 84.9 Å². The van der Waals surface area contributed by atoms with Crippen molar-refractivity contribution in [1.82, 2.24) is 0 Å². The zero-order valence-corrected chi connectivity index (χ0v) is 18.2. The maximum atomic E-state index is 13.7. The average molecular weight is 426 g/mol. The number of allylic oxidation sites excluding steroid dienone is 2. The Balaban J connectivity index is 1.79. The van der Waals surface area contributed by atoms with E-state index in [1.54, 1.807) is 0 Å². The van der Waals surface area contributed by atoms with Gasteiger partial charge >= 0.3 is 5.97 Å². The number of hydrogen-bond acceptors (Lipinski definition) is 2. The number of amides is 1. The molecule has 1 aliphatic carbocycles. The van der Waals surface area contributed by atoms with Crippen LogP contribution in [-0.2, 0) is 9.59 Å². The van der Waals surface area contributed by atoms with Crippen LogP contribution in [0.25, 0.3) is 0 Å². The van der Waals surface area contributed by atoms with Gasteiger partial charge < -0.3 is 10.4 Å². The third-order valence-corrected chi connectivity index (χ3v) is 6.51. The second-order valence-electron chi connectivity index (χ2n) is 8.38. The minimum Gasteiger partial charge on any atom is -0.481 e. The Morgan fingerprint density at radius 3 is 1.78 bits per heavy atom. The van der Waals surface area contributed by atoms with Crippen molar-refractivity contribution in [3.63, 3.8) is 0 Å². The lowest BCUT2D eigenvalue weighted by Gasteiger charge is -2.37. The third kappa shape index (κ3) is 4.22. The van der Waals surface area contributed by atoms with E-state index in [1.165, 1.54) is 0 Å². The van der Waals surface area contributed by atoms with Crippen LogP contribution in [0.5, 0.6) is 0 Å². The summed E-state index contributed by atoms with van der Waals surface area (Å²) in [5.74, 6) is -3.61. The lowest BCUT2D eigenvalue weighted by molar-refractivity contribution is -0.147. The number of carboxylic acids is 1. The van der Waals surface area contributed by atoms with Crippen LogP contribution in [-0.4, -0.2) is 17.0 Å². The minimum absolute atomic E-state index is 0.273. The van der Waals surface area contributed by atoms with Crippen molar-refractivity contribution in [2.75, 3.05) is 5.32 Å². The first-order chi connectivity index (χ1) is 15.5. The Morgan fingerprint density at radius 1 is 0.719 bits per heavy atom. The molecule has 4 nitrogen and oxygen atoms in total. The molecular formula is C28H27NO3. The number of carbonyl (C=O) groups excluding carboxylic acids is 1. The lowest BCUT2D eigenvalue weighted by atomic mass is 9.66. The van der Waals surface area contributed by atoms with Gasteiger partial charge in [0.25, 0.3) is 0 Å². The van der Waals surface area contributed by atoms with Gasteiger partial charge in [-0.25, -0.2) is 0 Å². The van der Waals surface area contributed by atoms with Crippen molar-refractivity contribution in [3.8, 4) is 0 Å². The van der Waals surface area contributed by atoms with Crippen molar-refractivity contribution in [1.29, 1.82) is 0 Å². The van der Waals surface area contributed by atoms with Gasteiger partial charge in [0, 0.05) is 17.5 Å². The molecule has 1 aliphatic rings. The molecule has 0 unspecified atom stereocenters. The summed E-state index contributed by atoms with van der Waals surface area (Å²) in [6.45, 7) is 3.95. The smallest absolute Gasteiger partial charge is 0.308 e. The van der Waals surface area contributed by atoms with Gasteiger partial charge in [-0.3, -0.25) is 9.59 Å². The molecule has 0 bridgehead atoms. The van der Waals surface area contributed by atoms with E-state index in [0.717, 1.165) is 27.9 Å². The third-order valence-electron chi connectivity index (χ3n) is 6.51. The number of benzene rings is 3. The number of carboxylic acid groups (broad SMARTS) is 1. The van der Waals surface area contributed by atoms with Gasteiger partial charge in [0.05, 0.1) is 11.8 Å². The summed E-state index contributed by atoms with van der Waals surface area (Å²) in [7, 11) is 0. The van der Waals surface area contributed by atoms with Crippen molar-refractivity contribution >= 4 is 17.6 Å². The lowest BCUT2D eigenvalue weighted by Crippen LogP contribution is -2.42. The maximum absolute atomic E-state index is 13.7. The zero-order valence-electron chi connectivity index (χ0n) is 18.2. The van der Waals surface area contributed by atoms with E-state index in [9.17, 15) is 14.7 Å². The van der Waals surface area contributed by atoms with Crippen molar-refractivity contribution in [2.45, 2.75) is 25.7 Å². The van der Waals surface area contributed by atoms with Gasteiger partial charge in [-0.2, -0.15) is 0 Å². The van der Waals surface area contributed by atoms with Gasteiger partial charge in [-0.15, -0.1) is 0 Å². The van der Waals surface area contributed by atoms with E-state index in [0.29, 0.717) is 0 Å². The molecule has 162 valence electrons. The van der Waals surface area contributed by atoms with E-state index >= 15 is 0 Å². The summed E-state index contributed by atoms with van der Waals surface area (Å²) < 4.78 is 0. The van der Waals surface area contributed by atoms with E-state index in [4.69, 9.17) is 0 Å². The molecule has 32 heavy (non-hydrogen) atoms. The van der Waals surface area contributed by atoms with Crippen LogP contribution < -0.4 is 5.32 Å².